The first-order valence-electron chi connectivity index (χ1n) is 8.74. The Balaban J connectivity index is 1.94. The molecular weight excluding hydrogens is 312 g/mol. The van der Waals surface area contributed by atoms with Crippen molar-refractivity contribution in [2.24, 2.45) is 4.99 Å². The van der Waals surface area contributed by atoms with Gasteiger partial charge in [0.1, 0.15) is 5.82 Å². The van der Waals surface area contributed by atoms with E-state index >= 15 is 0 Å². The molecule has 0 amide bonds. The van der Waals surface area contributed by atoms with Crippen molar-refractivity contribution in [1.82, 2.24) is 9.55 Å². The summed E-state index contributed by atoms with van der Waals surface area (Å²) >= 11 is 0. The summed E-state index contributed by atoms with van der Waals surface area (Å²) in [6, 6.07) is 8.50. The van der Waals surface area contributed by atoms with Crippen LogP contribution in [0.25, 0.3) is 27.4 Å². The summed E-state index contributed by atoms with van der Waals surface area (Å²) < 4.78 is 2.29. The van der Waals surface area contributed by atoms with Crippen LogP contribution >= 0.6 is 0 Å². The Bertz CT molecular complexity index is 1010. The fourth-order valence-electron chi connectivity index (χ4n) is 3.66. The molecule has 128 valence electrons. The summed E-state index contributed by atoms with van der Waals surface area (Å²) in [7, 11) is 0. The Morgan fingerprint density at radius 2 is 2.12 bits per heavy atom. The third-order valence-electron chi connectivity index (χ3n) is 4.87. The summed E-state index contributed by atoms with van der Waals surface area (Å²) in [4.78, 5) is 8.91. The minimum Gasteiger partial charge on any atom is -0.396 e. The molecular formula is C20H22N4O. The van der Waals surface area contributed by atoms with Crippen LogP contribution in [0.4, 0.5) is 5.82 Å². The summed E-state index contributed by atoms with van der Waals surface area (Å²) in [5, 5.41) is 11.3. The summed E-state index contributed by atoms with van der Waals surface area (Å²) in [5.74, 6) is 0.564. The molecule has 1 aliphatic heterocycles. The number of fused-ring (bicyclic) bond motifs is 3. The highest BCUT2D eigenvalue weighted by molar-refractivity contribution is 6.09. The maximum atomic E-state index is 9.16. The minimum absolute atomic E-state index is 0.195. The fourth-order valence-corrected chi connectivity index (χ4v) is 3.66. The number of aromatic nitrogens is 2. The van der Waals surface area contributed by atoms with E-state index < -0.39 is 0 Å². The highest BCUT2D eigenvalue weighted by Crippen LogP contribution is 2.33. The first-order valence-corrected chi connectivity index (χ1v) is 8.74. The maximum absolute atomic E-state index is 9.16. The molecule has 3 aromatic rings. The van der Waals surface area contributed by atoms with Crippen LogP contribution in [0.15, 0.2) is 35.3 Å². The predicted molar refractivity (Wildman–Crippen MR) is 104 cm³/mol. The van der Waals surface area contributed by atoms with Crippen molar-refractivity contribution in [3.8, 4) is 0 Å². The average molecular weight is 334 g/mol. The van der Waals surface area contributed by atoms with Crippen LogP contribution in [-0.4, -0.2) is 34.0 Å². The number of aliphatic imine (C=N–C) groups is 1. The molecule has 0 aliphatic carbocycles. The summed E-state index contributed by atoms with van der Waals surface area (Å²) in [6.45, 7) is 3.92. The summed E-state index contributed by atoms with van der Waals surface area (Å²) in [6.07, 6.45) is 5.48. The van der Waals surface area contributed by atoms with Gasteiger partial charge in [0.25, 0.3) is 0 Å². The lowest BCUT2D eigenvalue weighted by atomic mass is 10.0. The topological polar surface area (TPSA) is 76.4 Å². The van der Waals surface area contributed by atoms with E-state index in [0.717, 1.165) is 53.3 Å². The van der Waals surface area contributed by atoms with E-state index in [1.165, 1.54) is 11.3 Å². The Hall–Kier alpha value is -2.66. The normalized spacial score (nSPS) is 13.9. The SMILES string of the molecule is CCn1c(CCCO)cc2c(N)nc3cc(C4=CC=NC4)ccc3c21. The highest BCUT2D eigenvalue weighted by Gasteiger charge is 2.15. The molecule has 2 aromatic heterocycles. The number of nitrogen functional groups attached to an aromatic ring is 1. The number of hydrogen-bond donors (Lipinski definition) is 2. The van der Waals surface area contributed by atoms with Crippen molar-refractivity contribution in [2.45, 2.75) is 26.3 Å². The Kier molecular flexibility index (Phi) is 4.01. The van der Waals surface area contributed by atoms with E-state index in [1.54, 1.807) is 0 Å². The Labute approximate surface area is 146 Å². The van der Waals surface area contributed by atoms with Crippen LogP contribution in [0.3, 0.4) is 0 Å². The van der Waals surface area contributed by atoms with E-state index in [0.29, 0.717) is 5.82 Å². The molecule has 1 aromatic carbocycles. The molecule has 1 aliphatic rings. The number of allylic oxidation sites excluding steroid dienone is 1. The minimum atomic E-state index is 0.195. The van der Waals surface area contributed by atoms with Crippen LogP contribution < -0.4 is 5.73 Å². The second kappa shape index (κ2) is 6.33. The van der Waals surface area contributed by atoms with Crippen LogP contribution in [0.5, 0.6) is 0 Å². The van der Waals surface area contributed by atoms with Gasteiger partial charge in [-0.05, 0) is 49.1 Å². The lowest BCUT2D eigenvalue weighted by molar-refractivity contribution is 0.287. The molecule has 25 heavy (non-hydrogen) atoms. The molecule has 0 unspecified atom stereocenters. The number of aryl methyl sites for hydroxylation is 2. The number of nitrogens with two attached hydrogens (primary N) is 1. The highest BCUT2D eigenvalue weighted by atomic mass is 16.2. The molecule has 0 radical (unpaired) electrons. The number of rotatable bonds is 5. The van der Waals surface area contributed by atoms with E-state index in [2.05, 4.69) is 45.7 Å². The number of aliphatic hydroxyl groups excluding tert-OH is 1. The van der Waals surface area contributed by atoms with Gasteiger partial charge in [-0.25, -0.2) is 4.98 Å². The largest absolute Gasteiger partial charge is 0.396 e. The van der Waals surface area contributed by atoms with Gasteiger partial charge in [-0.3, -0.25) is 4.99 Å². The summed E-state index contributed by atoms with van der Waals surface area (Å²) in [5.41, 5.74) is 11.9. The van der Waals surface area contributed by atoms with Gasteiger partial charge < -0.3 is 15.4 Å². The lowest BCUT2D eigenvalue weighted by Crippen LogP contribution is -2.02. The zero-order chi connectivity index (χ0) is 17.4. The fraction of sp³-hybridized carbons (Fsp3) is 0.300. The quantitative estimate of drug-likeness (QED) is 0.752. The molecule has 0 fully saturated rings. The zero-order valence-corrected chi connectivity index (χ0v) is 14.4. The molecule has 5 nitrogen and oxygen atoms in total. The van der Waals surface area contributed by atoms with Gasteiger partial charge in [-0.1, -0.05) is 12.1 Å². The Morgan fingerprint density at radius 3 is 2.84 bits per heavy atom. The van der Waals surface area contributed by atoms with Crippen molar-refractivity contribution >= 4 is 39.4 Å². The zero-order valence-electron chi connectivity index (χ0n) is 14.4. The molecule has 5 heteroatoms. The van der Waals surface area contributed by atoms with Crippen molar-refractivity contribution in [1.29, 1.82) is 0 Å². The van der Waals surface area contributed by atoms with E-state index in [1.807, 2.05) is 12.3 Å². The molecule has 0 bridgehead atoms. The van der Waals surface area contributed by atoms with Crippen molar-refractivity contribution in [2.75, 3.05) is 18.9 Å². The van der Waals surface area contributed by atoms with Crippen molar-refractivity contribution in [3.05, 3.63) is 41.6 Å². The number of anilines is 1. The number of hydrogen-bond acceptors (Lipinski definition) is 4. The smallest absolute Gasteiger partial charge is 0.133 e. The number of pyridine rings is 1. The van der Waals surface area contributed by atoms with Crippen LogP contribution in [0, 0.1) is 0 Å². The Morgan fingerprint density at radius 1 is 1.24 bits per heavy atom. The third kappa shape index (κ3) is 2.61. The number of nitrogens with zero attached hydrogens (tertiary/aromatic N) is 3. The van der Waals surface area contributed by atoms with Gasteiger partial charge in [0, 0.05) is 35.8 Å². The van der Waals surface area contributed by atoms with Gasteiger partial charge in [0.2, 0.25) is 0 Å². The van der Waals surface area contributed by atoms with Crippen molar-refractivity contribution in [3.63, 3.8) is 0 Å². The maximum Gasteiger partial charge on any atom is 0.133 e. The van der Waals surface area contributed by atoms with Gasteiger partial charge >= 0.3 is 0 Å². The van der Waals surface area contributed by atoms with Crippen LogP contribution in [-0.2, 0) is 13.0 Å². The molecule has 0 spiro atoms. The average Bonchev–Trinajstić information content (AvgIpc) is 3.27. The van der Waals surface area contributed by atoms with E-state index in [4.69, 9.17) is 10.8 Å². The second-order valence-electron chi connectivity index (χ2n) is 6.38. The first kappa shape index (κ1) is 15.8. The van der Waals surface area contributed by atoms with Crippen LogP contribution in [0.2, 0.25) is 0 Å². The van der Waals surface area contributed by atoms with Gasteiger partial charge in [0.05, 0.1) is 17.6 Å². The molecule has 3 heterocycles. The molecule has 0 atom stereocenters. The number of aliphatic hydroxyl groups is 1. The van der Waals surface area contributed by atoms with Crippen molar-refractivity contribution < 1.29 is 5.11 Å². The van der Waals surface area contributed by atoms with Gasteiger partial charge in [0.15, 0.2) is 0 Å². The molecule has 4 rings (SSSR count). The second-order valence-corrected chi connectivity index (χ2v) is 6.38. The first-order chi connectivity index (χ1) is 12.2. The van der Waals surface area contributed by atoms with E-state index in [9.17, 15) is 0 Å². The monoisotopic (exact) mass is 334 g/mol. The third-order valence-corrected chi connectivity index (χ3v) is 4.87. The van der Waals surface area contributed by atoms with E-state index in [-0.39, 0.29) is 6.61 Å². The lowest BCUT2D eigenvalue weighted by Gasteiger charge is -2.11. The van der Waals surface area contributed by atoms with Crippen LogP contribution in [0.1, 0.15) is 24.6 Å². The molecule has 0 saturated carbocycles. The molecule has 3 N–H and O–H groups in total. The number of benzene rings is 1. The van der Waals surface area contributed by atoms with Gasteiger partial charge in [-0.15, -0.1) is 0 Å². The molecule has 0 saturated heterocycles. The predicted octanol–water partition coefficient (Wildman–Crippen LogP) is 3.18. The standard InChI is InChI=1S/C20H22N4O/c1-2-24-15(4-3-9-25)11-17-19(24)16-6-5-13(14-7-8-22-12-14)10-18(16)23-20(17)21/h5-8,10-11,25H,2-4,9,12H2,1H3,(H2,21,23). The van der Waals surface area contributed by atoms with Gasteiger partial charge in [-0.2, -0.15) is 0 Å².